The van der Waals surface area contributed by atoms with Gasteiger partial charge in [0.15, 0.2) is 0 Å². The predicted octanol–water partition coefficient (Wildman–Crippen LogP) is 5.18. The zero-order valence-electron chi connectivity index (χ0n) is 19.3. The number of aliphatic hydroxyl groups is 2. The molecule has 1 saturated heterocycles. The van der Waals surface area contributed by atoms with E-state index in [0.717, 1.165) is 25.1 Å². The molecule has 3 saturated carbocycles. The lowest BCUT2D eigenvalue weighted by Crippen LogP contribution is -2.39. The molecule has 0 unspecified atom stereocenters. The Morgan fingerprint density at radius 2 is 1.87 bits per heavy atom. The lowest BCUT2D eigenvalue weighted by atomic mass is 9.61. The van der Waals surface area contributed by atoms with Crippen LogP contribution in [0.15, 0.2) is 23.3 Å². The Morgan fingerprint density at radius 1 is 1.13 bits per heavy atom. The number of allylic oxidation sites excluding steroid dienone is 3. The summed E-state index contributed by atoms with van der Waals surface area (Å²) in [7, 11) is 0. The maximum Gasteiger partial charge on any atom is 0.242 e. The van der Waals surface area contributed by atoms with Crippen LogP contribution >= 0.6 is 0 Å². The number of halogens is 2. The minimum Gasteiger partial charge on any atom is -0.393 e. The van der Waals surface area contributed by atoms with E-state index in [1.807, 2.05) is 0 Å². The number of hydrogen-bond donors (Lipinski definition) is 2. The van der Waals surface area contributed by atoms with Crippen LogP contribution in [-0.2, 0) is 0 Å². The van der Waals surface area contributed by atoms with Crippen LogP contribution in [0.2, 0.25) is 0 Å². The third kappa shape index (κ3) is 5.09. The molecule has 3 aliphatic carbocycles. The maximum atomic E-state index is 13.1. The third-order valence-corrected chi connectivity index (χ3v) is 9.01. The molecular weight excluding hydrogens is 396 g/mol. The van der Waals surface area contributed by atoms with E-state index in [-0.39, 0.29) is 0 Å². The molecule has 31 heavy (non-hydrogen) atoms. The average Bonchev–Trinajstić information content (AvgIpc) is 3.29. The summed E-state index contributed by atoms with van der Waals surface area (Å²) in [5.74, 6) is 1.36. The van der Waals surface area contributed by atoms with Gasteiger partial charge in [0.2, 0.25) is 6.43 Å². The van der Waals surface area contributed by atoms with Crippen molar-refractivity contribution < 1.29 is 19.0 Å². The molecule has 3 nitrogen and oxygen atoms in total. The van der Waals surface area contributed by atoms with Crippen molar-refractivity contribution in [2.45, 2.75) is 90.3 Å². The summed E-state index contributed by atoms with van der Waals surface area (Å²) in [4.78, 5) is 2.28. The van der Waals surface area contributed by atoms with E-state index in [0.29, 0.717) is 55.4 Å². The number of fused-ring (bicyclic) bond motifs is 1. The van der Waals surface area contributed by atoms with E-state index in [1.54, 1.807) is 5.57 Å². The fourth-order valence-corrected chi connectivity index (χ4v) is 7.51. The summed E-state index contributed by atoms with van der Waals surface area (Å²) < 4.78 is 26.1. The highest BCUT2D eigenvalue weighted by Crippen LogP contribution is 2.59. The Kier molecular flexibility index (Phi) is 7.24. The van der Waals surface area contributed by atoms with Crippen LogP contribution in [0.1, 0.15) is 71.6 Å². The second-order valence-corrected chi connectivity index (χ2v) is 11.2. The molecule has 0 bridgehead atoms. The van der Waals surface area contributed by atoms with E-state index >= 15 is 0 Å². The highest BCUT2D eigenvalue weighted by Gasteiger charge is 2.51. The highest BCUT2D eigenvalue weighted by atomic mass is 19.3. The Morgan fingerprint density at radius 3 is 2.55 bits per heavy atom. The molecule has 1 heterocycles. The van der Waals surface area contributed by atoms with Crippen LogP contribution in [0, 0.1) is 29.1 Å². The van der Waals surface area contributed by atoms with E-state index in [1.165, 1.54) is 25.7 Å². The van der Waals surface area contributed by atoms with Gasteiger partial charge in [0.1, 0.15) is 0 Å². The summed E-state index contributed by atoms with van der Waals surface area (Å²) in [6.45, 7) is 7.16. The molecule has 1 aliphatic heterocycles. The Labute approximate surface area is 186 Å². The minimum absolute atomic E-state index is 0.301. The SMILES string of the molecule is C[C@@H](CN1CC[C@@H](C(F)F)C1)[C@H]1CC[C@H]2/C(=C/C=C3C[C@@H](O)C[C@@H](O)C3)CCC[C@]12C. The van der Waals surface area contributed by atoms with Gasteiger partial charge in [-0.05, 0) is 87.5 Å². The molecule has 4 fully saturated rings. The van der Waals surface area contributed by atoms with Gasteiger partial charge in [-0.2, -0.15) is 0 Å². The van der Waals surface area contributed by atoms with E-state index in [2.05, 4.69) is 30.9 Å². The molecule has 4 rings (SSSR count). The van der Waals surface area contributed by atoms with Crippen molar-refractivity contribution in [2.24, 2.45) is 29.1 Å². The molecule has 7 atom stereocenters. The molecule has 176 valence electrons. The normalized spacial score (nSPS) is 43.1. The van der Waals surface area contributed by atoms with Gasteiger partial charge in [0, 0.05) is 19.0 Å². The predicted molar refractivity (Wildman–Crippen MR) is 120 cm³/mol. The van der Waals surface area contributed by atoms with Crippen molar-refractivity contribution in [2.75, 3.05) is 19.6 Å². The van der Waals surface area contributed by atoms with Crippen molar-refractivity contribution in [3.63, 3.8) is 0 Å². The summed E-state index contributed by atoms with van der Waals surface area (Å²) in [5, 5.41) is 19.9. The van der Waals surface area contributed by atoms with Crippen molar-refractivity contribution in [3.05, 3.63) is 23.3 Å². The first-order valence-corrected chi connectivity index (χ1v) is 12.5. The van der Waals surface area contributed by atoms with Gasteiger partial charge in [-0.3, -0.25) is 0 Å². The van der Waals surface area contributed by atoms with Crippen LogP contribution < -0.4 is 0 Å². The van der Waals surface area contributed by atoms with Crippen LogP contribution in [-0.4, -0.2) is 53.4 Å². The lowest BCUT2D eigenvalue weighted by Gasteiger charge is -2.45. The largest absolute Gasteiger partial charge is 0.393 e. The molecular formula is C26H41F2NO2. The van der Waals surface area contributed by atoms with Gasteiger partial charge in [-0.1, -0.05) is 37.1 Å². The average molecular weight is 438 g/mol. The van der Waals surface area contributed by atoms with Gasteiger partial charge in [0.05, 0.1) is 12.2 Å². The van der Waals surface area contributed by atoms with Gasteiger partial charge in [-0.25, -0.2) is 8.78 Å². The molecule has 4 aliphatic rings. The molecule has 2 N–H and O–H groups in total. The summed E-state index contributed by atoms with van der Waals surface area (Å²) >= 11 is 0. The molecule has 0 aromatic rings. The molecule has 5 heteroatoms. The number of rotatable bonds is 5. The fourth-order valence-electron chi connectivity index (χ4n) is 7.51. The molecule has 0 radical (unpaired) electrons. The van der Waals surface area contributed by atoms with Crippen LogP contribution in [0.3, 0.4) is 0 Å². The van der Waals surface area contributed by atoms with E-state index in [9.17, 15) is 19.0 Å². The zero-order chi connectivity index (χ0) is 22.2. The molecule has 0 amide bonds. The Hall–Kier alpha value is -0.780. The Balaban J connectivity index is 1.41. The third-order valence-electron chi connectivity index (χ3n) is 9.01. The number of aliphatic hydroxyl groups excluding tert-OH is 2. The first kappa shape index (κ1) is 23.4. The lowest BCUT2D eigenvalue weighted by molar-refractivity contribution is 0.0609. The smallest absolute Gasteiger partial charge is 0.242 e. The standard InChI is InChI=1S/C26H41F2NO2/c1-17(15-29-11-9-20(16-29)25(27)28)23-7-8-24-19(4-3-10-26(23,24)2)6-5-18-12-21(30)14-22(31)13-18/h5-6,17,20-25,30-31H,3-4,7-16H2,1-2H3/b18-5?,19-6+/t17-,20+,21-,22+,23+,24-,26+/m0/s1. The van der Waals surface area contributed by atoms with Gasteiger partial charge in [0.25, 0.3) is 0 Å². The number of hydrogen-bond acceptors (Lipinski definition) is 3. The zero-order valence-corrected chi connectivity index (χ0v) is 19.3. The van der Waals surface area contributed by atoms with Crippen molar-refractivity contribution in [1.82, 2.24) is 4.90 Å². The van der Waals surface area contributed by atoms with Crippen LogP contribution in [0.25, 0.3) is 0 Å². The van der Waals surface area contributed by atoms with Crippen LogP contribution in [0.5, 0.6) is 0 Å². The topological polar surface area (TPSA) is 43.7 Å². The molecule has 0 aromatic heterocycles. The van der Waals surface area contributed by atoms with Gasteiger partial charge >= 0.3 is 0 Å². The minimum atomic E-state index is -2.18. The van der Waals surface area contributed by atoms with Gasteiger partial charge < -0.3 is 15.1 Å². The second-order valence-electron chi connectivity index (χ2n) is 11.2. The number of alkyl halides is 2. The summed E-state index contributed by atoms with van der Waals surface area (Å²) in [5.41, 5.74) is 3.01. The first-order valence-electron chi connectivity index (χ1n) is 12.5. The number of likely N-dealkylation sites (tertiary alicyclic amines) is 1. The van der Waals surface area contributed by atoms with Crippen molar-refractivity contribution >= 4 is 0 Å². The molecule has 0 spiro atoms. The first-order chi connectivity index (χ1) is 14.8. The maximum absolute atomic E-state index is 13.1. The van der Waals surface area contributed by atoms with Crippen molar-refractivity contribution in [1.29, 1.82) is 0 Å². The number of nitrogens with zero attached hydrogens (tertiary/aromatic N) is 1. The summed E-state index contributed by atoms with van der Waals surface area (Å²) in [6, 6.07) is 0. The molecule has 0 aromatic carbocycles. The van der Waals surface area contributed by atoms with Gasteiger partial charge in [-0.15, -0.1) is 0 Å². The van der Waals surface area contributed by atoms with E-state index in [4.69, 9.17) is 0 Å². The summed E-state index contributed by atoms with van der Waals surface area (Å²) in [6.07, 6.45) is 10.0. The highest BCUT2D eigenvalue weighted by molar-refractivity contribution is 5.26. The van der Waals surface area contributed by atoms with Crippen LogP contribution in [0.4, 0.5) is 8.78 Å². The second kappa shape index (κ2) is 9.61. The Bertz CT molecular complexity index is 681. The van der Waals surface area contributed by atoms with Crippen molar-refractivity contribution in [3.8, 4) is 0 Å². The quantitative estimate of drug-likeness (QED) is 0.623. The van der Waals surface area contributed by atoms with E-state index < -0.39 is 24.6 Å². The monoisotopic (exact) mass is 437 g/mol. The fraction of sp³-hybridized carbons (Fsp3) is 0.846.